The number of benzene rings is 1. The first-order valence-electron chi connectivity index (χ1n) is 6.59. The zero-order valence-corrected chi connectivity index (χ0v) is 11.8. The number of para-hydroxylation sites is 1. The maximum atomic E-state index is 5.61. The van der Waals surface area contributed by atoms with E-state index in [2.05, 4.69) is 15.3 Å². The van der Waals surface area contributed by atoms with Gasteiger partial charge in [0.15, 0.2) is 0 Å². The fourth-order valence-corrected chi connectivity index (χ4v) is 1.70. The Balaban J connectivity index is 1.72. The van der Waals surface area contributed by atoms with Crippen LogP contribution in [0.15, 0.2) is 36.4 Å². The van der Waals surface area contributed by atoms with Crippen molar-refractivity contribution in [3.8, 4) is 11.6 Å². The molecule has 0 aliphatic heterocycles. The summed E-state index contributed by atoms with van der Waals surface area (Å²) in [4.78, 5) is 8.52. The number of anilines is 1. The number of aromatic nitrogens is 2. The zero-order valence-electron chi connectivity index (χ0n) is 11.8. The summed E-state index contributed by atoms with van der Waals surface area (Å²) in [6.07, 6.45) is 0.870. The molecule has 0 aliphatic rings. The van der Waals surface area contributed by atoms with Gasteiger partial charge in [-0.05, 0) is 25.5 Å². The van der Waals surface area contributed by atoms with Gasteiger partial charge in [-0.25, -0.2) is 4.98 Å². The molecule has 0 spiro atoms. The van der Waals surface area contributed by atoms with E-state index in [0.29, 0.717) is 18.4 Å². The molecule has 20 heavy (non-hydrogen) atoms. The van der Waals surface area contributed by atoms with Gasteiger partial charge < -0.3 is 14.8 Å². The van der Waals surface area contributed by atoms with Gasteiger partial charge in [0.2, 0.25) is 11.8 Å². The molecule has 1 heterocycles. The number of hydrogen-bond donors (Lipinski definition) is 1. The molecule has 0 bridgehead atoms. The van der Waals surface area contributed by atoms with Crippen LogP contribution in [0.1, 0.15) is 12.1 Å². The van der Waals surface area contributed by atoms with Crippen molar-refractivity contribution < 1.29 is 9.47 Å². The van der Waals surface area contributed by atoms with Crippen molar-refractivity contribution in [2.24, 2.45) is 0 Å². The van der Waals surface area contributed by atoms with Crippen LogP contribution in [0.5, 0.6) is 11.6 Å². The van der Waals surface area contributed by atoms with Gasteiger partial charge in [-0.1, -0.05) is 18.2 Å². The van der Waals surface area contributed by atoms with Crippen molar-refractivity contribution in [3.05, 3.63) is 42.1 Å². The molecule has 2 rings (SSSR count). The Morgan fingerprint density at radius 2 is 1.95 bits per heavy atom. The summed E-state index contributed by atoms with van der Waals surface area (Å²) in [6, 6.07) is 11.6. The highest BCUT2D eigenvalue weighted by Crippen LogP contribution is 2.11. The molecule has 5 nitrogen and oxygen atoms in total. The van der Waals surface area contributed by atoms with E-state index in [-0.39, 0.29) is 0 Å². The highest BCUT2D eigenvalue weighted by molar-refractivity contribution is 5.30. The van der Waals surface area contributed by atoms with E-state index < -0.39 is 0 Å². The maximum absolute atomic E-state index is 5.61. The third-order valence-corrected chi connectivity index (χ3v) is 2.66. The van der Waals surface area contributed by atoms with Gasteiger partial charge in [0.1, 0.15) is 5.75 Å². The summed E-state index contributed by atoms with van der Waals surface area (Å²) >= 11 is 0. The second kappa shape index (κ2) is 7.33. The van der Waals surface area contributed by atoms with Crippen LogP contribution in [-0.2, 0) is 0 Å². The van der Waals surface area contributed by atoms with E-state index in [4.69, 9.17) is 9.47 Å². The Hall–Kier alpha value is -2.30. The van der Waals surface area contributed by atoms with Crippen molar-refractivity contribution >= 4 is 5.95 Å². The van der Waals surface area contributed by atoms with Crippen molar-refractivity contribution in [1.29, 1.82) is 0 Å². The molecule has 0 saturated heterocycles. The molecule has 0 fully saturated rings. The first kappa shape index (κ1) is 14.1. The summed E-state index contributed by atoms with van der Waals surface area (Å²) in [6.45, 7) is 3.31. The van der Waals surface area contributed by atoms with Gasteiger partial charge in [0.05, 0.1) is 13.7 Å². The summed E-state index contributed by atoms with van der Waals surface area (Å²) in [5.74, 6) is 2.04. The maximum Gasteiger partial charge on any atom is 0.226 e. The molecule has 1 aromatic carbocycles. The van der Waals surface area contributed by atoms with Gasteiger partial charge in [0.25, 0.3) is 0 Å². The zero-order chi connectivity index (χ0) is 14.2. The predicted octanol–water partition coefficient (Wildman–Crippen LogP) is 2.67. The molecule has 0 amide bonds. The molecule has 5 heteroatoms. The average Bonchev–Trinajstić information content (AvgIpc) is 2.47. The fourth-order valence-electron chi connectivity index (χ4n) is 1.70. The first-order valence-corrected chi connectivity index (χ1v) is 6.59. The molecule has 1 N–H and O–H groups in total. The average molecular weight is 273 g/mol. The number of nitrogens with one attached hydrogen (secondary N) is 1. The SMILES string of the molecule is COc1cc(C)nc(NCCCOc2ccccc2)n1. The van der Waals surface area contributed by atoms with Crippen molar-refractivity contribution in [2.45, 2.75) is 13.3 Å². The lowest BCUT2D eigenvalue weighted by Crippen LogP contribution is -2.10. The van der Waals surface area contributed by atoms with Crippen LogP contribution >= 0.6 is 0 Å². The third kappa shape index (κ3) is 4.42. The molecule has 106 valence electrons. The van der Waals surface area contributed by atoms with E-state index in [1.165, 1.54) is 0 Å². The standard InChI is InChI=1S/C15H19N3O2/c1-12-11-14(19-2)18-15(17-12)16-9-6-10-20-13-7-4-3-5-8-13/h3-5,7-8,11H,6,9-10H2,1-2H3,(H,16,17,18). The molecule has 0 saturated carbocycles. The highest BCUT2D eigenvalue weighted by atomic mass is 16.5. The molecule has 0 atom stereocenters. The lowest BCUT2D eigenvalue weighted by Gasteiger charge is -2.08. The topological polar surface area (TPSA) is 56.3 Å². The molecular weight excluding hydrogens is 254 g/mol. The van der Waals surface area contributed by atoms with E-state index >= 15 is 0 Å². The Morgan fingerprint density at radius 1 is 1.15 bits per heavy atom. The monoisotopic (exact) mass is 273 g/mol. The van der Waals surface area contributed by atoms with Crippen LogP contribution < -0.4 is 14.8 Å². The number of methoxy groups -OCH3 is 1. The van der Waals surface area contributed by atoms with E-state index in [1.54, 1.807) is 13.2 Å². The van der Waals surface area contributed by atoms with Crippen LogP contribution in [0.2, 0.25) is 0 Å². The quantitative estimate of drug-likeness (QED) is 0.786. The Morgan fingerprint density at radius 3 is 2.70 bits per heavy atom. The van der Waals surface area contributed by atoms with Crippen LogP contribution in [0.25, 0.3) is 0 Å². The second-order valence-electron chi connectivity index (χ2n) is 4.32. The van der Waals surface area contributed by atoms with Crippen molar-refractivity contribution in [3.63, 3.8) is 0 Å². The highest BCUT2D eigenvalue weighted by Gasteiger charge is 2.01. The normalized spacial score (nSPS) is 10.1. The van der Waals surface area contributed by atoms with E-state index in [0.717, 1.165) is 24.4 Å². The largest absolute Gasteiger partial charge is 0.494 e. The summed E-state index contributed by atoms with van der Waals surface area (Å²) in [5, 5.41) is 3.16. The van der Waals surface area contributed by atoms with E-state index in [9.17, 15) is 0 Å². The third-order valence-electron chi connectivity index (χ3n) is 2.66. The van der Waals surface area contributed by atoms with Gasteiger partial charge in [-0.2, -0.15) is 4.98 Å². The fraction of sp³-hybridized carbons (Fsp3) is 0.333. The Kier molecular flexibility index (Phi) is 5.17. The molecule has 0 aliphatic carbocycles. The number of ether oxygens (including phenoxy) is 2. The number of hydrogen-bond acceptors (Lipinski definition) is 5. The molecule has 2 aromatic rings. The van der Waals surface area contributed by atoms with Crippen LogP contribution in [-0.4, -0.2) is 30.2 Å². The van der Waals surface area contributed by atoms with Gasteiger partial charge in [-0.3, -0.25) is 0 Å². The smallest absolute Gasteiger partial charge is 0.226 e. The lowest BCUT2D eigenvalue weighted by atomic mass is 10.3. The summed E-state index contributed by atoms with van der Waals surface area (Å²) in [5.41, 5.74) is 0.875. The number of aryl methyl sites for hydroxylation is 1. The predicted molar refractivity (Wildman–Crippen MR) is 78.4 cm³/mol. The number of rotatable bonds is 7. The van der Waals surface area contributed by atoms with Gasteiger partial charge >= 0.3 is 0 Å². The molecular formula is C15H19N3O2. The van der Waals surface area contributed by atoms with E-state index in [1.807, 2.05) is 37.3 Å². The molecule has 0 unspecified atom stereocenters. The minimum absolute atomic E-state index is 0.570. The minimum Gasteiger partial charge on any atom is -0.494 e. The van der Waals surface area contributed by atoms with Gasteiger partial charge in [0, 0.05) is 18.3 Å². The lowest BCUT2D eigenvalue weighted by molar-refractivity contribution is 0.315. The van der Waals surface area contributed by atoms with Crippen molar-refractivity contribution in [2.75, 3.05) is 25.6 Å². The minimum atomic E-state index is 0.570. The van der Waals surface area contributed by atoms with Crippen LogP contribution in [0, 0.1) is 6.92 Å². The second-order valence-corrected chi connectivity index (χ2v) is 4.32. The summed E-state index contributed by atoms with van der Waals surface area (Å²) < 4.78 is 10.7. The molecule has 1 aromatic heterocycles. The summed E-state index contributed by atoms with van der Waals surface area (Å²) in [7, 11) is 1.60. The Bertz CT molecular complexity index is 532. The number of nitrogens with zero attached hydrogens (tertiary/aromatic N) is 2. The van der Waals surface area contributed by atoms with Crippen molar-refractivity contribution in [1.82, 2.24) is 9.97 Å². The van der Waals surface area contributed by atoms with Crippen LogP contribution in [0.4, 0.5) is 5.95 Å². The molecule has 0 radical (unpaired) electrons. The Labute approximate surface area is 119 Å². The van der Waals surface area contributed by atoms with Gasteiger partial charge in [-0.15, -0.1) is 0 Å². The first-order chi connectivity index (χ1) is 9.78. The van der Waals surface area contributed by atoms with Crippen LogP contribution in [0.3, 0.4) is 0 Å².